The Morgan fingerprint density at radius 3 is 2.67 bits per heavy atom. The van der Waals surface area contributed by atoms with Crippen LogP contribution >= 0.6 is 0 Å². The van der Waals surface area contributed by atoms with Crippen LogP contribution in [0.4, 0.5) is 10.1 Å². The highest BCUT2D eigenvalue weighted by Gasteiger charge is 2.19. The summed E-state index contributed by atoms with van der Waals surface area (Å²) in [4.78, 5) is 8.62. The van der Waals surface area contributed by atoms with Gasteiger partial charge in [-0.3, -0.25) is 0 Å². The Kier molecular flexibility index (Phi) is 4.77. The highest BCUT2D eigenvalue weighted by Crippen LogP contribution is 2.40. The van der Waals surface area contributed by atoms with E-state index in [1.54, 1.807) is 42.5 Å². The Morgan fingerprint density at radius 1 is 0.967 bits per heavy atom. The number of hydrogen-bond acceptors (Lipinski definition) is 6. The molecule has 0 amide bonds. The van der Waals surface area contributed by atoms with E-state index in [1.807, 2.05) is 12.1 Å². The number of halogens is 1. The topological polar surface area (TPSA) is 65.5 Å². The number of hydrogen-bond donors (Lipinski definition) is 1. The third-order valence-corrected chi connectivity index (χ3v) is 4.78. The molecular weight excluding hydrogens is 385 g/mol. The van der Waals surface area contributed by atoms with Gasteiger partial charge in [0.25, 0.3) is 0 Å². The third-order valence-electron chi connectivity index (χ3n) is 4.78. The summed E-state index contributed by atoms with van der Waals surface area (Å²) in [5.41, 5.74) is 2.14. The van der Waals surface area contributed by atoms with Crippen molar-refractivity contribution < 1.29 is 18.6 Å². The lowest BCUT2D eigenvalue weighted by molar-refractivity contribution is 0.299. The van der Waals surface area contributed by atoms with Gasteiger partial charge in [0, 0.05) is 12.1 Å². The van der Waals surface area contributed by atoms with Gasteiger partial charge < -0.3 is 19.5 Å². The van der Waals surface area contributed by atoms with Crippen LogP contribution in [0.5, 0.6) is 23.1 Å². The molecule has 3 aromatic carbocycles. The van der Waals surface area contributed by atoms with E-state index < -0.39 is 0 Å². The number of nitrogens with zero attached hydrogens (tertiary/aromatic N) is 2. The van der Waals surface area contributed by atoms with Crippen LogP contribution < -0.4 is 19.5 Å². The number of nitrogens with one attached hydrogen (secondary N) is 1. The smallest absolute Gasteiger partial charge is 0.234 e. The van der Waals surface area contributed by atoms with Crippen LogP contribution in [0.1, 0.15) is 5.56 Å². The van der Waals surface area contributed by atoms with Gasteiger partial charge in [-0.25, -0.2) is 14.4 Å². The first-order valence-electron chi connectivity index (χ1n) is 9.56. The molecule has 1 N–H and O–H groups in total. The van der Waals surface area contributed by atoms with E-state index in [9.17, 15) is 4.39 Å². The molecular formula is C23H18FN3O3. The molecule has 0 bridgehead atoms. The lowest BCUT2D eigenvalue weighted by Crippen LogP contribution is -2.18. The quantitative estimate of drug-likeness (QED) is 0.509. The van der Waals surface area contributed by atoms with Crippen LogP contribution in [0, 0.1) is 5.82 Å². The molecule has 4 aromatic rings. The third kappa shape index (κ3) is 3.57. The lowest BCUT2D eigenvalue weighted by Gasteiger charge is -2.21. The van der Waals surface area contributed by atoms with Gasteiger partial charge in [-0.2, -0.15) is 0 Å². The summed E-state index contributed by atoms with van der Waals surface area (Å²) < 4.78 is 31.3. The zero-order chi connectivity index (χ0) is 20.3. The summed E-state index contributed by atoms with van der Waals surface area (Å²) in [7, 11) is 0. The Balaban J connectivity index is 1.36. The molecule has 150 valence electrons. The normalized spacial score (nSPS) is 12.6. The van der Waals surface area contributed by atoms with E-state index in [4.69, 9.17) is 14.2 Å². The molecule has 0 fully saturated rings. The minimum atomic E-state index is -0.284. The molecule has 0 saturated heterocycles. The van der Waals surface area contributed by atoms with Crippen molar-refractivity contribution in [1.82, 2.24) is 9.97 Å². The van der Waals surface area contributed by atoms with E-state index in [-0.39, 0.29) is 12.4 Å². The zero-order valence-corrected chi connectivity index (χ0v) is 16.0. The van der Waals surface area contributed by atoms with Crippen molar-refractivity contribution in [2.75, 3.05) is 18.5 Å². The van der Waals surface area contributed by atoms with Crippen LogP contribution in [0.3, 0.4) is 0 Å². The Bertz CT molecular complexity index is 1200. The molecule has 6 nitrogen and oxygen atoms in total. The highest BCUT2D eigenvalue weighted by molar-refractivity contribution is 5.95. The van der Waals surface area contributed by atoms with Gasteiger partial charge in [-0.15, -0.1) is 0 Å². The minimum Gasteiger partial charge on any atom is -0.489 e. The fourth-order valence-corrected chi connectivity index (χ4v) is 3.29. The van der Waals surface area contributed by atoms with Crippen molar-refractivity contribution in [1.29, 1.82) is 0 Å². The number of benzene rings is 3. The van der Waals surface area contributed by atoms with Gasteiger partial charge in [0.1, 0.15) is 42.2 Å². The summed E-state index contributed by atoms with van der Waals surface area (Å²) in [5.74, 6) is 2.03. The molecule has 7 heteroatoms. The molecule has 5 rings (SSSR count). The molecule has 2 heterocycles. The van der Waals surface area contributed by atoms with E-state index in [2.05, 4.69) is 15.3 Å². The van der Waals surface area contributed by atoms with Crippen LogP contribution in [0.15, 0.2) is 67.0 Å². The zero-order valence-electron chi connectivity index (χ0n) is 16.0. The van der Waals surface area contributed by atoms with Gasteiger partial charge >= 0.3 is 0 Å². The predicted molar refractivity (Wildman–Crippen MR) is 111 cm³/mol. The summed E-state index contributed by atoms with van der Waals surface area (Å²) in [5, 5.41) is 4.03. The molecule has 1 aliphatic rings. The Labute approximate surface area is 172 Å². The van der Waals surface area contributed by atoms with Crippen molar-refractivity contribution in [3.63, 3.8) is 0 Å². The second-order valence-electron chi connectivity index (χ2n) is 6.74. The SMILES string of the molecule is Fc1ccccc1COc1ccc(Oc2ncnc3ccc4c(c23)OCCN4)cc1. The van der Waals surface area contributed by atoms with E-state index in [0.717, 1.165) is 23.1 Å². The van der Waals surface area contributed by atoms with Crippen molar-refractivity contribution in [2.24, 2.45) is 0 Å². The molecule has 1 aliphatic heterocycles. The van der Waals surface area contributed by atoms with Crippen LogP contribution in [-0.2, 0) is 6.61 Å². The van der Waals surface area contributed by atoms with Gasteiger partial charge in [-0.05, 0) is 42.5 Å². The molecule has 0 aliphatic carbocycles. The number of anilines is 1. The van der Waals surface area contributed by atoms with Gasteiger partial charge in [0.2, 0.25) is 5.88 Å². The second kappa shape index (κ2) is 7.87. The molecule has 0 radical (unpaired) electrons. The molecule has 0 spiro atoms. The van der Waals surface area contributed by atoms with Crippen LogP contribution in [0.2, 0.25) is 0 Å². The molecule has 0 unspecified atom stereocenters. The van der Waals surface area contributed by atoms with Crippen LogP contribution in [-0.4, -0.2) is 23.1 Å². The number of ether oxygens (including phenoxy) is 3. The number of fused-ring (bicyclic) bond motifs is 3. The number of rotatable bonds is 5. The highest BCUT2D eigenvalue weighted by atomic mass is 19.1. The summed E-state index contributed by atoms with van der Waals surface area (Å²) >= 11 is 0. The molecule has 30 heavy (non-hydrogen) atoms. The Morgan fingerprint density at radius 2 is 1.80 bits per heavy atom. The van der Waals surface area contributed by atoms with Crippen LogP contribution in [0.25, 0.3) is 10.9 Å². The summed E-state index contributed by atoms with van der Waals surface area (Å²) in [6, 6.07) is 17.5. The first kappa shape index (κ1) is 18.2. The van der Waals surface area contributed by atoms with E-state index in [0.29, 0.717) is 35.3 Å². The van der Waals surface area contributed by atoms with E-state index in [1.165, 1.54) is 12.4 Å². The first-order chi connectivity index (χ1) is 14.8. The van der Waals surface area contributed by atoms with Crippen molar-refractivity contribution in [3.05, 3.63) is 78.4 Å². The molecule has 0 saturated carbocycles. The minimum absolute atomic E-state index is 0.153. The van der Waals surface area contributed by atoms with Gasteiger partial charge in [0.15, 0.2) is 5.75 Å². The van der Waals surface area contributed by atoms with E-state index >= 15 is 0 Å². The van der Waals surface area contributed by atoms with Crippen molar-refractivity contribution in [3.8, 4) is 23.1 Å². The average Bonchev–Trinajstić information content (AvgIpc) is 2.79. The van der Waals surface area contributed by atoms with Crippen molar-refractivity contribution in [2.45, 2.75) is 6.61 Å². The lowest BCUT2D eigenvalue weighted by atomic mass is 10.1. The fourth-order valence-electron chi connectivity index (χ4n) is 3.29. The predicted octanol–water partition coefficient (Wildman–Crippen LogP) is 4.94. The standard InChI is InChI=1S/C23H18FN3O3/c24-18-4-2-1-3-15(18)13-29-16-5-7-17(8-6-16)30-23-21-19(26-14-27-23)9-10-20-22(21)28-12-11-25-20/h1-10,14,25H,11-13H2. The summed E-state index contributed by atoms with van der Waals surface area (Å²) in [6.45, 7) is 1.46. The maximum absolute atomic E-state index is 13.7. The molecule has 0 atom stereocenters. The largest absolute Gasteiger partial charge is 0.489 e. The average molecular weight is 403 g/mol. The monoisotopic (exact) mass is 403 g/mol. The molecule has 1 aromatic heterocycles. The Hall–Kier alpha value is -3.87. The number of aromatic nitrogens is 2. The summed E-state index contributed by atoms with van der Waals surface area (Å²) in [6.07, 6.45) is 1.46. The van der Waals surface area contributed by atoms with Gasteiger partial charge in [-0.1, -0.05) is 18.2 Å². The van der Waals surface area contributed by atoms with Gasteiger partial charge in [0.05, 0.1) is 11.2 Å². The maximum Gasteiger partial charge on any atom is 0.234 e. The fraction of sp³-hybridized carbons (Fsp3) is 0.130. The second-order valence-corrected chi connectivity index (χ2v) is 6.74. The van der Waals surface area contributed by atoms with Crippen molar-refractivity contribution >= 4 is 16.6 Å². The maximum atomic E-state index is 13.7. The first-order valence-corrected chi connectivity index (χ1v) is 9.56.